The van der Waals surface area contributed by atoms with Crippen molar-refractivity contribution in [2.24, 2.45) is 7.05 Å². The highest BCUT2D eigenvalue weighted by Crippen LogP contribution is 2.42. The highest BCUT2D eigenvalue weighted by Gasteiger charge is 2.30. The van der Waals surface area contributed by atoms with Crippen LogP contribution in [-0.2, 0) is 12.5 Å². The Morgan fingerprint density at radius 2 is 1.30 bits per heavy atom. The molecule has 5 aromatic carbocycles. The number of hydrogen-bond acceptors (Lipinski definition) is 1. The summed E-state index contributed by atoms with van der Waals surface area (Å²) in [6, 6.07) is 24.4. The molecule has 0 unspecified atom stereocenters. The van der Waals surface area contributed by atoms with Crippen molar-refractivity contribution in [1.82, 2.24) is 9.55 Å². The van der Waals surface area contributed by atoms with Crippen molar-refractivity contribution < 1.29 is 26.5 Å². The van der Waals surface area contributed by atoms with Gasteiger partial charge in [-0.1, -0.05) is 69.3 Å². The van der Waals surface area contributed by atoms with E-state index in [9.17, 15) is 13.2 Å². The third-order valence-corrected chi connectivity index (χ3v) is 8.77. The minimum absolute atomic E-state index is 0.150. The second-order valence-corrected chi connectivity index (χ2v) is 12.6. The van der Waals surface area contributed by atoms with Gasteiger partial charge in [0.1, 0.15) is 5.52 Å². The van der Waals surface area contributed by atoms with Crippen molar-refractivity contribution in [2.45, 2.75) is 33.1 Å². The molecule has 0 radical (unpaired) electrons. The molecule has 0 aliphatic carbocycles. The molecule has 0 saturated heterocycles. The predicted molar refractivity (Wildman–Crippen MR) is 171 cm³/mol. The van der Waals surface area contributed by atoms with E-state index in [2.05, 4.69) is 45.9 Å². The highest BCUT2D eigenvalue weighted by atomic mass is 19.2. The zero-order valence-corrected chi connectivity index (χ0v) is 25.8. The fourth-order valence-electron chi connectivity index (χ4n) is 6.55. The van der Waals surface area contributed by atoms with E-state index in [0.717, 1.165) is 33.4 Å². The van der Waals surface area contributed by atoms with Crippen LogP contribution in [0.2, 0.25) is 0 Å². The van der Waals surface area contributed by atoms with Gasteiger partial charge in [0.15, 0.2) is 29.0 Å². The lowest BCUT2D eigenvalue weighted by Gasteiger charge is -2.24. The number of aryl methyl sites for hydroxylation is 2. The number of fused-ring (bicyclic) bond motifs is 4. The largest absolute Gasteiger partial charge is 0.302 e. The van der Waals surface area contributed by atoms with Gasteiger partial charge in [-0.25, -0.2) is 26.5 Å². The van der Waals surface area contributed by atoms with Crippen LogP contribution in [0.1, 0.15) is 31.9 Å². The third-order valence-electron chi connectivity index (χ3n) is 8.77. The third kappa shape index (κ3) is 4.30. The van der Waals surface area contributed by atoms with E-state index in [1.165, 1.54) is 23.1 Å². The van der Waals surface area contributed by atoms with E-state index in [1.54, 1.807) is 12.4 Å². The van der Waals surface area contributed by atoms with Gasteiger partial charge >= 0.3 is 0 Å². The Balaban J connectivity index is 1.65. The monoisotopic (exact) mass is 622 g/mol. The zero-order valence-electron chi connectivity index (χ0n) is 25.8. The van der Waals surface area contributed by atoms with Crippen molar-refractivity contribution in [3.63, 3.8) is 0 Å². The summed E-state index contributed by atoms with van der Waals surface area (Å²) in [5.74, 6) is -9.94. The SMILES string of the molecule is Cc1c(-c2c3c(nc[n+]2C)c2ccc(-c4c(F)c(F)c(F)c(F)c4F)cc2n3-c2ccccc2)cc(C(C)(C)C)c2ccccc12. The van der Waals surface area contributed by atoms with Gasteiger partial charge in [0, 0.05) is 11.3 Å². The number of hydrogen-bond donors (Lipinski definition) is 0. The number of rotatable bonds is 3. The standard InChI is InChI=1S/C38H29F5N3/c1-20-23-13-9-10-14-24(23)27(38(2,3)4)18-26(20)36-37-35(44-19-45(36)5)25-16-15-21(17-28(25)46(37)22-11-7-6-8-12-22)29-30(39)32(41)34(43)33(42)31(29)40/h6-19H,1-5H3/q+1. The molecule has 3 nitrogen and oxygen atoms in total. The molecule has 0 amide bonds. The summed E-state index contributed by atoms with van der Waals surface area (Å²) >= 11 is 0. The van der Waals surface area contributed by atoms with Crippen molar-refractivity contribution in [2.75, 3.05) is 0 Å². The van der Waals surface area contributed by atoms with Crippen LogP contribution >= 0.6 is 0 Å². The lowest BCUT2D eigenvalue weighted by atomic mass is 9.80. The number of para-hydroxylation sites is 1. The van der Waals surface area contributed by atoms with Gasteiger partial charge in [-0.2, -0.15) is 0 Å². The Kier molecular flexibility index (Phi) is 6.74. The molecule has 2 heterocycles. The van der Waals surface area contributed by atoms with Crippen LogP contribution in [0.4, 0.5) is 22.0 Å². The van der Waals surface area contributed by atoms with Crippen molar-refractivity contribution >= 4 is 32.7 Å². The first-order valence-corrected chi connectivity index (χ1v) is 14.8. The molecule has 0 aliphatic rings. The fraction of sp³-hybridized carbons (Fsp3) is 0.158. The van der Waals surface area contributed by atoms with E-state index < -0.39 is 34.6 Å². The van der Waals surface area contributed by atoms with E-state index >= 15 is 8.78 Å². The van der Waals surface area contributed by atoms with E-state index in [0.29, 0.717) is 16.4 Å². The van der Waals surface area contributed by atoms with Crippen LogP contribution < -0.4 is 4.57 Å². The maximum absolute atomic E-state index is 15.0. The molecule has 8 heteroatoms. The second kappa shape index (κ2) is 10.5. The summed E-state index contributed by atoms with van der Waals surface area (Å²) in [5.41, 5.74) is 5.36. The molecule has 0 atom stereocenters. The molecule has 0 N–H and O–H groups in total. The van der Waals surface area contributed by atoms with Gasteiger partial charge in [-0.05, 0) is 75.1 Å². The fourth-order valence-corrected chi connectivity index (χ4v) is 6.55. The molecule has 7 rings (SSSR count). The van der Waals surface area contributed by atoms with Crippen molar-refractivity contribution in [3.05, 3.63) is 125 Å². The summed E-state index contributed by atoms with van der Waals surface area (Å²) in [5, 5.41) is 2.94. The number of halogens is 5. The molecular weight excluding hydrogens is 593 g/mol. The quantitative estimate of drug-likeness (QED) is 0.0832. The minimum atomic E-state index is -2.19. The van der Waals surface area contributed by atoms with Crippen LogP contribution in [0, 0.1) is 36.0 Å². The van der Waals surface area contributed by atoms with Crippen LogP contribution in [0.15, 0.2) is 85.2 Å². The molecular formula is C38H29F5N3+. The molecule has 2 aromatic heterocycles. The Morgan fingerprint density at radius 3 is 1.96 bits per heavy atom. The summed E-state index contributed by atoms with van der Waals surface area (Å²) in [6.07, 6.45) is 1.73. The summed E-state index contributed by atoms with van der Waals surface area (Å²) in [4.78, 5) is 4.81. The van der Waals surface area contributed by atoms with Crippen LogP contribution in [0.5, 0.6) is 0 Å². The van der Waals surface area contributed by atoms with Crippen molar-refractivity contribution in [3.8, 4) is 28.1 Å². The molecule has 0 fully saturated rings. The minimum Gasteiger partial charge on any atom is -0.302 e. The van der Waals surface area contributed by atoms with E-state index in [4.69, 9.17) is 4.98 Å². The molecule has 0 aliphatic heterocycles. The van der Waals surface area contributed by atoms with E-state index in [1.807, 2.05) is 58.6 Å². The molecule has 46 heavy (non-hydrogen) atoms. The molecule has 0 spiro atoms. The Hall–Kier alpha value is -5.11. The first kappa shape index (κ1) is 29.6. The maximum atomic E-state index is 15.0. The van der Waals surface area contributed by atoms with Gasteiger partial charge < -0.3 is 4.57 Å². The first-order valence-electron chi connectivity index (χ1n) is 14.8. The number of aromatic nitrogens is 3. The summed E-state index contributed by atoms with van der Waals surface area (Å²) in [6.45, 7) is 8.63. The lowest BCUT2D eigenvalue weighted by molar-refractivity contribution is -0.662. The molecule has 0 bridgehead atoms. The van der Waals surface area contributed by atoms with Crippen LogP contribution in [0.25, 0.3) is 60.8 Å². The van der Waals surface area contributed by atoms with Gasteiger partial charge in [0.2, 0.25) is 11.3 Å². The van der Waals surface area contributed by atoms with Gasteiger partial charge in [-0.15, -0.1) is 0 Å². The van der Waals surface area contributed by atoms with Gasteiger partial charge in [0.25, 0.3) is 6.33 Å². The van der Waals surface area contributed by atoms with Crippen molar-refractivity contribution in [1.29, 1.82) is 0 Å². The Bertz CT molecular complexity index is 2340. The average Bonchev–Trinajstić information content (AvgIpc) is 3.37. The molecule has 230 valence electrons. The summed E-state index contributed by atoms with van der Waals surface area (Å²) in [7, 11) is 1.92. The predicted octanol–water partition coefficient (Wildman–Crippen LogP) is 9.79. The zero-order chi connectivity index (χ0) is 32.7. The Morgan fingerprint density at radius 1 is 0.696 bits per heavy atom. The smallest absolute Gasteiger partial charge is 0.287 e. The molecule has 7 aromatic rings. The van der Waals surface area contributed by atoms with E-state index in [-0.39, 0.29) is 11.0 Å². The summed E-state index contributed by atoms with van der Waals surface area (Å²) < 4.78 is 76.4. The van der Waals surface area contributed by atoms with Gasteiger partial charge in [0.05, 0.1) is 23.5 Å². The topological polar surface area (TPSA) is 21.7 Å². The second-order valence-electron chi connectivity index (χ2n) is 12.6. The first-order chi connectivity index (χ1) is 21.9. The van der Waals surface area contributed by atoms with Crippen LogP contribution in [0.3, 0.4) is 0 Å². The average molecular weight is 623 g/mol. The molecule has 0 saturated carbocycles. The van der Waals surface area contributed by atoms with Gasteiger partial charge in [-0.3, -0.25) is 0 Å². The Labute approximate surface area is 262 Å². The van der Waals surface area contributed by atoms with Crippen LogP contribution in [-0.4, -0.2) is 9.55 Å². The highest BCUT2D eigenvalue weighted by molar-refractivity contribution is 6.12. The number of nitrogens with zero attached hydrogens (tertiary/aromatic N) is 3. The maximum Gasteiger partial charge on any atom is 0.287 e. The lowest BCUT2D eigenvalue weighted by Crippen LogP contribution is -2.32. The number of benzene rings is 5. The normalized spacial score (nSPS) is 12.1.